The maximum absolute atomic E-state index is 12.4. The molecule has 6 heteroatoms. The molecule has 0 atom stereocenters. The van der Waals surface area contributed by atoms with Crippen LogP contribution < -0.4 is 10.1 Å². The zero-order valence-electron chi connectivity index (χ0n) is 17.3. The van der Waals surface area contributed by atoms with Gasteiger partial charge in [-0.25, -0.2) is 4.79 Å². The summed E-state index contributed by atoms with van der Waals surface area (Å²) < 4.78 is 10.6. The minimum Gasteiger partial charge on any atom is -0.494 e. The monoisotopic (exact) mass is 406 g/mol. The molecule has 0 aliphatic rings. The summed E-state index contributed by atoms with van der Waals surface area (Å²) in [6.07, 6.45) is 4.43. The maximum Gasteiger partial charge on any atom is 0.338 e. The van der Waals surface area contributed by atoms with Gasteiger partial charge in [-0.05, 0) is 61.4 Å². The summed E-state index contributed by atoms with van der Waals surface area (Å²) in [6, 6.07) is 15.4. The molecule has 0 unspecified atom stereocenters. The van der Waals surface area contributed by atoms with Crippen LogP contribution in [-0.2, 0) is 9.53 Å². The second kappa shape index (κ2) is 12.1. The summed E-state index contributed by atoms with van der Waals surface area (Å²) in [5, 5.41) is 12.0. The van der Waals surface area contributed by atoms with Crippen LogP contribution in [0.4, 0.5) is 5.69 Å². The van der Waals surface area contributed by atoms with Crippen molar-refractivity contribution in [3.8, 4) is 11.8 Å². The lowest BCUT2D eigenvalue weighted by Gasteiger charge is -2.07. The molecule has 30 heavy (non-hydrogen) atoms. The summed E-state index contributed by atoms with van der Waals surface area (Å²) in [5.41, 5.74) is 1.58. The number of hydrogen-bond donors (Lipinski definition) is 1. The molecule has 1 amide bonds. The van der Waals surface area contributed by atoms with Crippen molar-refractivity contribution in [2.75, 3.05) is 18.5 Å². The predicted molar refractivity (Wildman–Crippen MR) is 116 cm³/mol. The average molecular weight is 406 g/mol. The Kier molecular flexibility index (Phi) is 9.14. The minimum atomic E-state index is -0.527. The number of ether oxygens (including phenoxy) is 2. The third-order valence-electron chi connectivity index (χ3n) is 4.23. The Morgan fingerprint density at radius 2 is 1.73 bits per heavy atom. The number of hydrogen-bond acceptors (Lipinski definition) is 5. The summed E-state index contributed by atoms with van der Waals surface area (Å²) in [7, 11) is 0. The fourth-order valence-electron chi connectivity index (χ4n) is 2.63. The van der Waals surface area contributed by atoms with Gasteiger partial charge in [-0.1, -0.05) is 31.9 Å². The van der Waals surface area contributed by atoms with Crippen molar-refractivity contribution in [1.82, 2.24) is 0 Å². The van der Waals surface area contributed by atoms with Gasteiger partial charge in [0, 0.05) is 5.69 Å². The van der Waals surface area contributed by atoms with Gasteiger partial charge in [0.15, 0.2) is 0 Å². The molecule has 0 spiro atoms. The number of benzene rings is 2. The minimum absolute atomic E-state index is 0.0291. The highest BCUT2D eigenvalue weighted by molar-refractivity contribution is 6.09. The van der Waals surface area contributed by atoms with Crippen LogP contribution in [0.5, 0.6) is 5.75 Å². The summed E-state index contributed by atoms with van der Waals surface area (Å²) >= 11 is 0. The fraction of sp³-hybridized carbons (Fsp3) is 0.292. The first-order valence-corrected chi connectivity index (χ1v) is 10.0. The molecule has 0 aliphatic heterocycles. The van der Waals surface area contributed by atoms with E-state index in [1.807, 2.05) is 13.0 Å². The number of carbonyl (C=O) groups excluding carboxylic acids is 2. The van der Waals surface area contributed by atoms with Gasteiger partial charge in [0.25, 0.3) is 5.91 Å². The first-order valence-electron chi connectivity index (χ1n) is 10.0. The van der Waals surface area contributed by atoms with E-state index in [2.05, 4.69) is 12.2 Å². The molecule has 6 nitrogen and oxygen atoms in total. The highest BCUT2D eigenvalue weighted by Gasteiger charge is 2.11. The molecule has 0 aliphatic carbocycles. The number of esters is 1. The lowest BCUT2D eigenvalue weighted by atomic mass is 10.1. The van der Waals surface area contributed by atoms with Crippen molar-refractivity contribution in [2.45, 2.75) is 33.1 Å². The fourth-order valence-corrected chi connectivity index (χ4v) is 2.63. The van der Waals surface area contributed by atoms with Crippen LogP contribution in [0.15, 0.2) is 54.1 Å². The Labute approximate surface area is 177 Å². The van der Waals surface area contributed by atoms with E-state index in [1.165, 1.54) is 6.08 Å². The van der Waals surface area contributed by atoms with E-state index < -0.39 is 11.9 Å². The van der Waals surface area contributed by atoms with Crippen molar-refractivity contribution in [3.05, 3.63) is 65.2 Å². The highest BCUT2D eigenvalue weighted by Crippen LogP contribution is 2.16. The normalized spacial score (nSPS) is 10.8. The number of carbonyl (C=O) groups is 2. The number of rotatable bonds is 10. The van der Waals surface area contributed by atoms with Crippen LogP contribution in [0.2, 0.25) is 0 Å². The average Bonchev–Trinajstić information content (AvgIpc) is 2.76. The van der Waals surface area contributed by atoms with Crippen molar-refractivity contribution in [3.63, 3.8) is 0 Å². The molecular weight excluding hydrogens is 380 g/mol. The summed E-state index contributed by atoms with van der Waals surface area (Å²) in [4.78, 5) is 24.4. The van der Waals surface area contributed by atoms with Gasteiger partial charge in [0.1, 0.15) is 17.4 Å². The molecule has 0 aromatic heterocycles. The zero-order valence-corrected chi connectivity index (χ0v) is 17.3. The van der Waals surface area contributed by atoms with Gasteiger partial charge in [0.05, 0.1) is 18.8 Å². The van der Waals surface area contributed by atoms with Crippen molar-refractivity contribution in [1.29, 1.82) is 5.26 Å². The molecule has 0 bridgehead atoms. The molecule has 0 saturated heterocycles. The predicted octanol–water partition coefficient (Wildman–Crippen LogP) is 4.98. The number of nitrogens with one attached hydrogen (secondary N) is 1. The zero-order chi connectivity index (χ0) is 21.8. The number of amides is 1. The third-order valence-corrected chi connectivity index (χ3v) is 4.23. The standard InChI is InChI=1S/C24H26N2O4/c1-3-5-6-15-30-24(28)19-9-11-21(12-10-19)26-23(27)20(17-25)16-18-7-13-22(14-8-18)29-4-2/h7-14,16H,3-6,15H2,1-2H3,(H,26,27)/b20-16+. The van der Waals surface area contributed by atoms with Crippen LogP contribution in [-0.4, -0.2) is 25.1 Å². The van der Waals surface area contributed by atoms with Crippen LogP contribution >= 0.6 is 0 Å². The smallest absolute Gasteiger partial charge is 0.338 e. The third kappa shape index (κ3) is 7.10. The number of unbranched alkanes of at least 4 members (excludes halogenated alkanes) is 2. The topological polar surface area (TPSA) is 88.4 Å². The first-order chi connectivity index (χ1) is 14.6. The molecule has 0 fully saturated rings. The van der Waals surface area contributed by atoms with Gasteiger partial charge in [-0.3, -0.25) is 4.79 Å². The van der Waals surface area contributed by atoms with E-state index in [4.69, 9.17) is 9.47 Å². The van der Waals surface area contributed by atoms with Gasteiger partial charge >= 0.3 is 5.97 Å². The maximum atomic E-state index is 12.4. The number of anilines is 1. The lowest BCUT2D eigenvalue weighted by molar-refractivity contribution is -0.112. The van der Waals surface area contributed by atoms with Crippen LogP contribution in [0.3, 0.4) is 0 Å². The van der Waals surface area contributed by atoms with E-state index >= 15 is 0 Å². The first kappa shape index (κ1) is 22.7. The van der Waals surface area contributed by atoms with E-state index in [0.717, 1.165) is 25.0 Å². The number of nitrogens with zero attached hydrogens (tertiary/aromatic N) is 1. The van der Waals surface area contributed by atoms with Crippen LogP contribution in [0.1, 0.15) is 49.0 Å². The lowest BCUT2D eigenvalue weighted by Crippen LogP contribution is -2.13. The Bertz CT molecular complexity index is 910. The quantitative estimate of drug-likeness (QED) is 0.260. The molecule has 156 valence electrons. The van der Waals surface area contributed by atoms with E-state index in [1.54, 1.807) is 48.5 Å². The molecule has 2 aromatic carbocycles. The molecule has 2 aromatic rings. The number of nitriles is 1. The Morgan fingerprint density at radius 3 is 2.33 bits per heavy atom. The Hall–Kier alpha value is -3.59. The second-order valence-electron chi connectivity index (χ2n) is 6.55. The van der Waals surface area contributed by atoms with E-state index in [0.29, 0.717) is 30.0 Å². The van der Waals surface area contributed by atoms with Gasteiger partial charge in [-0.15, -0.1) is 0 Å². The van der Waals surface area contributed by atoms with Gasteiger partial charge < -0.3 is 14.8 Å². The van der Waals surface area contributed by atoms with E-state index in [9.17, 15) is 14.9 Å². The van der Waals surface area contributed by atoms with Crippen LogP contribution in [0, 0.1) is 11.3 Å². The van der Waals surface area contributed by atoms with Crippen molar-refractivity contribution >= 4 is 23.6 Å². The Morgan fingerprint density at radius 1 is 1.03 bits per heavy atom. The largest absolute Gasteiger partial charge is 0.494 e. The SMILES string of the molecule is CCCCCOC(=O)c1ccc(NC(=O)/C(C#N)=C/c2ccc(OCC)cc2)cc1. The van der Waals surface area contributed by atoms with Crippen LogP contribution in [0.25, 0.3) is 6.08 Å². The van der Waals surface area contributed by atoms with Crippen molar-refractivity contribution < 1.29 is 19.1 Å². The molecule has 0 radical (unpaired) electrons. The van der Waals surface area contributed by atoms with E-state index in [-0.39, 0.29) is 5.57 Å². The molecule has 2 rings (SSSR count). The summed E-state index contributed by atoms with van der Waals surface area (Å²) in [5.74, 6) is -0.194. The van der Waals surface area contributed by atoms with Crippen molar-refractivity contribution in [2.24, 2.45) is 0 Å². The highest BCUT2D eigenvalue weighted by atomic mass is 16.5. The van der Waals surface area contributed by atoms with Gasteiger partial charge in [0.2, 0.25) is 0 Å². The molecule has 0 heterocycles. The summed E-state index contributed by atoms with van der Waals surface area (Å²) in [6.45, 7) is 4.94. The second-order valence-corrected chi connectivity index (χ2v) is 6.55. The Balaban J connectivity index is 1.98. The molecule has 1 N–H and O–H groups in total. The molecular formula is C24H26N2O4. The molecule has 0 saturated carbocycles. The van der Waals surface area contributed by atoms with Gasteiger partial charge in [-0.2, -0.15) is 5.26 Å².